The third-order valence-corrected chi connectivity index (χ3v) is 8.69. The molecule has 0 fully saturated rings. The number of nitrogens with zero attached hydrogens (tertiary/aromatic N) is 5. The molecule has 1 N–H and O–H groups in total. The monoisotopic (exact) mass is 655 g/mol. The van der Waals surface area contributed by atoms with Crippen LogP contribution in [0.15, 0.2) is 65.8 Å². The molecule has 0 spiro atoms. The van der Waals surface area contributed by atoms with Crippen LogP contribution in [0.5, 0.6) is 0 Å². The molecule has 0 aliphatic heterocycles. The Morgan fingerprint density at radius 2 is 1.60 bits per heavy atom. The quantitative estimate of drug-likeness (QED) is 0.212. The van der Waals surface area contributed by atoms with Gasteiger partial charge in [-0.1, -0.05) is 52.1 Å². The number of benzene rings is 3. The van der Waals surface area contributed by atoms with Gasteiger partial charge in [0.25, 0.3) is 0 Å². The predicted molar refractivity (Wildman–Crippen MR) is 153 cm³/mol. The highest BCUT2D eigenvalue weighted by Gasteiger charge is 2.35. The first-order valence-corrected chi connectivity index (χ1v) is 15.0. The van der Waals surface area contributed by atoms with Gasteiger partial charge in [-0.05, 0) is 54.4 Å². The van der Waals surface area contributed by atoms with Crippen LogP contribution < -0.4 is 0 Å². The van der Waals surface area contributed by atoms with Crippen molar-refractivity contribution in [3.63, 3.8) is 0 Å². The van der Waals surface area contributed by atoms with Gasteiger partial charge >= 0.3 is 6.18 Å². The van der Waals surface area contributed by atoms with Crippen molar-refractivity contribution >= 4 is 44.6 Å². The van der Waals surface area contributed by atoms with Crippen molar-refractivity contribution in [1.29, 1.82) is 0 Å². The molecule has 0 saturated heterocycles. The summed E-state index contributed by atoms with van der Waals surface area (Å²) in [5, 5.41) is 18.6. The number of hydrogen-bond donors (Lipinski definition) is 1. The zero-order valence-corrected chi connectivity index (χ0v) is 24.7. The molecule has 0 amide bonds. The summed E-state index contributed by atoms with van der Waals surface area (Å²) in [4.78, 5) is 3.53. The molecule has 0 unspecified atom stereocenters. The number of imidazole rings is 1. The van der Waals surface area contributed by atoms with Gasteiger partial charge in [-0.3, -0.25) is 0 Å². The maximum Gasteiger partial charge on any atom is 0.434 e. The Balaban J connectivity index is 1.79. The summed E-state index contributed by atoms with van der Waals surface area (Å²) >= 11 is 18.7. The van der Waals surface area contributed by atoms with E-state index in [9.17, 15) is 26.7 Å². The molecule has 3 aromatic carbocycles. The molecule has 2 aromatic heterocycles. The van der Waals surface area contributed by atoms with Crippen LogP contribution in [-0.4, -0.2) is 44.3 Å². The first-order valence-electron chi connectivity index (χ1n) is 12.0. The minimum atomic E-state index is -4.68. The van der Waals surface area contributed by atoms with Crippen molar-refractivity contribution in [3.05, 3.63) is 93.1 Å². The van der Waals surface area contributed by atoms with Crippen LogP contribution in [0.1, 0.15) is 17.1 Å². The average Bonchev–Trinajstić information content (AvgIpc) is 3.56. The van der Waals surface area contributed by atoms with E-state index in [2.05, 4.69) is 15.3 Å². The van der Waals surface area contributed by atoms with Crippen LogP contribution in [0.4, 0.5) is 13.2 Å². The lowest BCUT2D eigenvalue weighted by molar-refractivity contribution is -0.141. The largest absolute Gasteiger partial charge is 0.434 e. The van der Waals surface area contributed by atoms with Gasteiger partial charge in [0.05, 0.1) is 44.8 Å². The second-order valence-electron chi connectivity index (χ2n) is 9.27. The Kier molecular flexibility index (Phi) is 7.88. The molecule has 2 heterocycles. The number of hydrogen-bond acceptors (Lipinski definition) is 6. The van der Waals surface area contributed by atoms with E-state index in [1.54, 1.807) is 36.4 Å². The third-order valence-electron chi connectivity index (χ3n) is 6.45. The molecular weight excluding hydrogens is 638 g/mol. The van der Waals surface area contributed by atoms with E-state index >= 15 is 0 Å². The smallest absolute Gasteiger partial charge is 0.392 e. The van der Waals surface area contributed by atoms with Gasteiger partial charge in [0, 0.05) is 28.6 Å². The maximum atomic E-state index is 13.5. The third kappa shape index (κ3) is 5.64. The summed E-state index contributed by atoms with van der Waals surface area (Å²) < 4.78 is 68.3. The van der Waals surface area contributed by atoms with Gasteiger partial charge in [-0.15, -0.1) is 5.10 Å². The van der Waals surface area contributed by atoms with Crippen LogP contribution in [0, 0.1) is 6.92 Å². The highest BCUT2D eigenvalue weighted by atomic mass is 35.5. The zero-order chi connectivity index (χ0) is 30.6. The first kappa shape index (κ1) is 30.1. The molecule has 5 rings (SSSR count). The Morgan fingerprint density at radius 3 is 2.21 bits per heavy atom. The Bertz CT molecular complexity index is 1960. The predicted octanol–water partition coefficient (Wildman–Crippen LogP) is 6.97. The minimum absolute atomic E-state index is 0.0265. The summed E-state index contributed by atoms with van der Waals surface area (Å²) in [5.41, 5.74) is 1.35. The van der Waals surface area contributed by atoms with Crippen molar-refractivity contribution < 1.29 is 26.7 Å². The van der Waals surface area contributed by atoms with Crippen molar-refractivity contribution in [2.75, 3.05) is 6.26 Å². The topological polar surface area (TPSA) is 103 Å². The molecule has 8 nitrogen and oxygen atoms in total. The number of aliphatic hydroxyl groups excluding tert-OH is 1. The lowest BCUT2D eigenvalue weighted by Gasteiger charge is -2.17. The van der Waals surface area contributed by atoms with Crippen molar-refractivity contribution in [1.82, 2.24) is 24.5 Å². The second-order valence-corrected chi connectivity index (χ2v) is 12.5. The van der Waals surface area contributed by atoms with E-state index in [1.807, 2.05) is 0 Å². The highest BCUT2D eigenvalue weighted by Crippen LogP contribution is 2.37. The Morgan fingerprint density at radius 1 is 0.905 bits per heavy atom. The molecule has 0 saturated carbocycles. The van der Waals surface area contributed by atoms with Crippen LogP contribution in [-0.2, 0) is 22.6 Å². The molecule has 0 bridgehead atoms. The SMILES string of the molecule is Cc1nc(C(F)(F)F)cn1-c1ccc(-c2cc(Cl)c(CO)c(S(C)(=O)=O)c2)cc1-n1nncc1-c1ccc(Cl)c(Cl)c1. The Labute approximate surface area is 252 Å². The van der Waals surface area contributed by atoms with Crippen LogP contribution in [0.2, 0.25) is 15.1 Å². The van der Waals surface area contributed by atoms with Crippen molar-refractivity contribution in [3.8, 4) is 33.8 Å². The molecule has 0 radical (unpaired) electrons. The summed E-state index contributed by atoms with van der Waals surface area (Å²) in [5.74, 6) is 0.0576. The van der Waals surface area contributed by atoms with Gasteiger partial charge in [0.15, 0.2) is 15.5 Å². The van der Waals surface area contributed by atoms with Crippen LogP contribution >= 0.6 is 34.8 Å². The number of sulfone groups is 1. The molecule has 0 aliphatic carbocycles. The molecular formula is C27H19Cl3F3N5O3S. The van der Waals surface area contributed by atoms with Gasteiger partial charge in [0.1, 0.15) is 5.82 Å². The molecule has 5 aromatic rings. The summed E-state index contributed by atoms with van der Waals surface area (Å²) in [6.45, 7) is 0.832. The van der Waals surface area contributed by atoms with Gasteiger partial charge in [-0.2, -0.15) is 13.2 Å². The van der Waals surface area contributed by atoms with Crippen LogP contribution in [0.25, 0.3) is 33.8 Å². The molecule has 42 heavy (non-hydrogen) atoms. The average molecular weight is 657 g/mol. The fourth-order valence-electron chi connectivity index (χ4n) is 4.46. The summed E-state index contributed by atoms with van der Waals surface area (Å²) in [6.07, 6.45) is -1.36. The van der Waals surface area contributed by atoms with E-state index in [0.29, 0.717) is 27.4 Å². The van der Waals surface area contributed by atoms with E-state index in [1.165, 1.54) is 34.5 Å². The summed E-state index contributed by atoms with van der Waals surface area (Å²) in [6, 6.07) is 12.5. The number of aryl methyl sites for hydroxylation is 1. The van der Waals surface area contributed by atoms with Crippen LogP contribution in [0.3, 0.4) is 0 Å². The molecule has 0 aliphatic rings. The fourth-order valence-corrected chi connectivity index (χ4v) is 6.05. The van der Waals surface area contributed by atoms with Crippen molar-refractivity contribution in [2.24, 2.45) is 0 Å². The second kappa shape index (κ2) is 11.0. The summed E-state index contributed by atoms with van der Waals surface area (Å²) in [7, 11) is -3.78. The number of rotatable bonds is 6. The van der Waals surface area contributed by atoms with E-state index < -0.39 is 28.3 Å². The molecule has 218 valence electrons. The number of alkyl halides is 3. The lowest BCUT2D eigenvalue weighted by atomic mass is 10.0. The maximum absolute atomic E-state index is 13.5. The number of halogens is 6. The van der Waals surface area contributed by atoms with Gasteiger partial charge < -0.3 is 9.67 Å². The Hall–Kier alpha value is -3.42. The normalized spacial score (nSPS) is 12.2. The highest BCUT2D eigenvalue weighted by molar-refractivity contribution is 7.90. The standard InChI is InChI=1S/C27H19Cl3F3N5O3S/c1-14-35-26(27(31,32)33)12-37(14)22-6-4-15(17-8-20(29)18(13-39)25(10-17)42(2,40)41)9-23(22)38-24(11-34-36-38)16-3-5-19(28)21(30)7-16/h3-12,39H,13H2,1-2H3. The number of aromatic nitrogens is 5. The minimum Gasteiger partial charge on any atom is -0.392 e. The number of aliphatic hydroxyl groups is 1. The van der Waals surface area contributed by atoms with E-state index in [0.717, 1.165) is 12.5 Å². The zero-order valence-electron chi connectivity index (χ0n) is 21.7. The lowest BCUT2D eigenvalue weighted by Crippen LogP contribution is -2.08. The van der Waals surface area contributed by atoms with Gasteiger partial charge in [0.2, 0.25) is 0 Å². The molecule has 0 atom stereocenters. The van der Waals surface area contributed by atoms with Crippen molar-refractivity contribution in [2.45, 2.75) is 24.6 Å². The fraction of sp³-hybridized carbons (Fsp3) is 0.148. The van der Waals surface area contributed by atoms with Gasteiger partial charge in [-0.25, -0.2) is 18.1 Å². The van der Waals surface area contributed by atoms with E-state index in [4.69, 9.17) is 34.8 Å². The molecule has 15 heteroatoms. The van der Waals surface area contributed by atoms with E-state index in [-0.39, 0.29) is 37.7 Å². The first-order chi connectivity index (χ1) is 19.7.